The van der Waals surface area contributed by atoms with Crippen molar-refractivity contribution >= 4 is 17.3 Å². The van der Waals surface area contributed by atoms with E-state index in [1.54, 1.807) is 0 Å². The van der Waals surface area contributed by atoms with Crippen molar-refractivity contribution in [1.29, 1.82) is 0 Å². The fourth-order valence-electron chi connectivity index (χ4n) is 4.34. The molecule has 0 bridgehead atoms. The van der Waals surface area contributed by atoms with Gasteiger partial charge < -0.3 is 9.84 Å². The summed E-state index contributed by atoms with van der Waals surface area (Å²) in [6.45, 7) is 6.93. The Morgan fingerprint density at radius 1 is 0.719 bits per heavy atom. The van der Waals surface area contributed by atoms with Crippen LogP contribution in [0.2, 0.25) is 0 Å². The molecule has 0 aliphatic heterocycles. The predicted molar refractivity (Wildman–Crippen MR) is 144 cm³/mol. The Morgan fingerprint density at radius 3 is 1.56 bits per heavy atom. The molecule has 0 saturated heterocycles. The van der Waals surface area contributed by atoms with Gasteiger partial charge in [0.2, 0.25) is 0 Å². The second-order valence-electron chi connectivity index (χ2n) is 9.60. The molecule has 0 radical (unpaired) electrons. The maximum atomic E-state index is 9.87. The van der Waals surface area contributed by atoms with E-state index in [4.69, 9.17) is 17.0 Å². The van der Waals surface area contributed by atoms with E-state index in [1.165, 1.54) is 102 Å². The minimum atomic E-state index is 0.399. The average molecular weight is 463 g/mol. The highest BCUT2D eigenvalue weighted by Gasteiger charge is 2.05. The highest BCUT2D eigenvalue weighted by molar-refractivity contribution is 7.80. The van der Waals surface area contributed by atoms with Crippen LogP contribution in [0.15, 0.2) is 12.1 Å². The number of unbranched alkanes of at least 4 members (excludes halogenated alkanes) is 15. The molecule has 0 spiro atoms. The van der Waals surface area contributed by atoms with Crippen molar-refractivity contribution < 1.29 is 9.84 Å². The molecule has 0 aromatic heterocycles. The van der Waals surface area contributed by atoms with E-state index in [9.17, 15) is 5.11 Å². The van der Waals surface area contributed by atoms with Crippen molar-refractivity contribution in [2.45, 2.75) is 136 Å². The maximum Gasteiger partial charge on any atom is 0.159 e. The summed E-state index contributed by atoms with van der Waals surface area (Å²) in [5.74, 6) is 0.399. The van der Waals surface area contributed by atoms with Gasteiger partial charge in [0, 0.05) is 6.42 Å². The summed E-state index contributed by atoms with van der Waals surface area (Å²) in [5, 5.41) is 10.6. The highest BCUT2D eigenvalue weighted by atomic mass is 32.1. The lowest BCUT2D eigenvalue weighted by molar-refractivity contribution is 0.292. The summed E-state index contributed by atoms with van der Waals surface area (Å²) in [4.78, 5) is 0. The van der Waals surface area contributed by atoms with Gasteiger partial charge >= 0.3 is 0 Å². The summed E-state index contributed by atoms with van der Waals surface area (Å²) in [5.41, 5.74) is 3.08. The topological polar surface area (TPSA) is 29.5 Å². The molecule has 3 heteroatoms. The van der Waals surface area contributed by atoms with Crippen LogP contribution in [-0.4, -0.2) is 16.8 Å². The number of aryl methyl sites for hydroxylation is 3. The summed E-state index contributed by atoms with van der Waals surface area (Å²) in [6, 6.07) is 4.08. The molecule has 2 nitrogen and oxygen atoms in total. The number of rotatable bonds is 20. The van der Waals surface area contributed by atoms with E-state index in [1.807, 2.05) is 26.0 Å². The van der Waals surface area contributed by atoms with Crippen molar-refractivity contribution in [2.75, 3.05) is 6.61 Å². The van der Waals surface area contributed by atoms with Crippen LogP contribution in [0.25, 0.3) is 0 Å². The van der Waals surface area contributed by atoms with Gasteiger partial charge in [-0.2, -0.15) is 0 Å². The van der Waals surface area contributed by atoms with Crippen LogP contribution in [0.3, 0.4) is 0 Å². The molecule has 1 aromatic carbocycles. The average Bonchev–Trinajstić information content (AvgIpc) is 2.78. The van der Waals surface area contributed by atoms with E-state index < -0.39 is 0 Å². The van der Waals surface area contributed by atoms with Crippen molar-refractivity contribution in [2.24, 2.45) is 0 Å². The largest absolute Gasteiger partial charge is 0.507 e. The molecule has 0 heterocycles. The first kappa shape index (κ1) is 28.9. The van der Waals surface area contributed by atoms with Crippen LogP contribution in [0.5, 0.6) is 5.75 Å². The third-order valence-electron chi connectivity index (χ3n) is 6.43. The second-order valence-corrected chi connectivity index (χ2v) is 10.1. The molecular weight excluding hydrogens is 412 g/mol. The molecule has 0 fully saturated rings. The number of thiocarbonyl (C=S) groups is 1. The fraction of sp³-hybridized carbons (Fsp3) is 0.759. The van der Waals surface area contributed by atoms with Gasteiger partial charge in [-0.15, -0.1) is 0 Å². The Hall–Kier alpha value is -1.09. The molecule has 0 atom stereocenters. The zero-order valence-corrected chi connectivity index (χ0v) is 22.2. The van der Waals surface area contributed by atoms with E-state index in [0.717, 1.165) is 37.0 Å². The monoisotopic (exact) mass is 462 g/mol. The van der Waals surface area contributed by atoms with Gasteiger partial charge in [-0.3, -0.25) is 0 Å². The molecule has 1 aromatic rings. The van der Waals surface area contributed by atoms with Crippen molar-refractivity contribution in [3.8, 4) is 5.75 Å². The molecule has 0 unspecified atom stereocenters. The first-order chi connectivity index (χ1) is 15.5. The predicted octanol–water partition coefficient (Wildman–Crippen LogP) is 9.55. The molecule has 1 N–H and O–H groups in total. The van der Waals surface area contributed by atoms with Gasteiger partial charge in [0.15, 0.2) is 5.05 Å². The zero-order chi connectivity index (χ0) is 23.4. The highest BCUT2D eigenvalue weighted by Crippen LogP contribution is 2.23. The Bertz CT molecular complexity index is 588. The quantitative estimate of drug-likeness (QED) is 0.154. The molecule has 0 saturated carbocycles. The molecular formula is C29H50O2S. The smallest absolute Gasteiger partial charge is 0.159 e. The van der Waals surface area contributed by atoms with E-state index in [2.05, 4.69) is 6.92 Å². The summed E-state index contributed by atoms with van der Waals surface area (Å²) < 4.78 is 5.75. The minimum absolute atomic E-state index is 0.399. The van der Waals surface area contributed by atoms with Gasteiger partial charge in [-0.05, 0) is 55.6 Å². The Kier molecular flexibility index (Phi) is 17.5. The normalized spacial score (nSPS) is 11.1. The number of benzene rings is 1. The van der Waals surface area contributed by atoms with Crippen LogP contribution < -0.4 is 0 Å². The molecule has 0 aliphatic rings. The lowest BCUT2D eigenvalue weighted by atomic mass is 10.0. The SMILES string of the molecule is CCCCCCCCCCCCCCCCCCOC(=S)CCc1cc(C)c(O)c(C)c1. The van der Waals surface area contributed by atoms with E-state index >= 15 is 0 Å². The first-order valence-corrected chi connectivity index (χ1v) is 13.9. The molecule has 184 valence electrons. The Morgan fingerprint density at radius 2 is 1.12 bits per heavy atom. The first-order valence-electron chi connectivity index (χ1n) is 13.5. The number of phenols is 1. The number of ether oxygens (including phenoxy) is 1. The number of hydrogen-bond acceptors (Lipinski definition) is 3. The third-order valence-corrected chi connectivity index (χ3v) is 6.75. The third kappa shape index (κ3) is 14.9. The van der Waals surface area contributed by atoms with Crippen molar-refractivity contribution in [3.05, 3.63) is 28.8 Å². The zero-order valence-electron chi connectivity index (χ0n) is 21.4. The van der Waals surface area contributed by atoms with Crippen LogP contribution in [-0.2, 0) is 11.2 Å². The van der Waals surface area contributed by atoms with Crippen LogP contribution >= 0.6 is 12.2 Å². The molecule has 1 rings (SSSR count). The van der Waals surface area contributed by atoms with Crippen LogP contribution in [0.4, 0.5) is 0 Å². The van der Waals surface area contributed by atoms with Gasteiger partial charge in [-0.1, -0.05) is 115 Å². The van der Waals surface area contributed by atoms with Crippen LogP contribution in [0, 0.1) is 13.8 Å². The molecule has 32 heavy (non-hydrogen) atoms. The van der Waals surface area contributed by atoms with Gasteiger partial charge in [0.25, 0.3) is 0 Å². The summed E-state index contributed by atoms with van der Waals surface area (Å²) >= 11 is 5.38. The lowest BCUT2D eigenvalue weighted by Gasteiger charge is -2.10. The summed E-state index contributed by atoms with van der Waals surface area (Å²) in [7, 11) is 0. The van der Waals surface area contributed by atoms with Gasteiger partial charge in [0.05, 0.1) is 6.61 Å². The standard InChI is InChI=1S/C29H50O2S/c1-4-5-6-7-8-9-10-11-12-13-14-15-16-17-18-19-22-31-28(32)21-20-27-23-25(2)29(30)26(3)24-27/h23-24,30H,4-22H2,1-3H3. The molecule has 0 amide bonds. The van der Waals surface area contributed by atoms with Crippen molar-refractivity contribution in [1.82, 2.24) is 0 Å². The van der Waals surface area contributed by atoms with E-state index in [-0.39, 0.29) is 0 Å². The van der Waals surface area contributed by atoms with Gasteiger partial charge in [0.1, 0.15) is 5.75 Å². The van der Waals surface area contributed by atoms with Crippen LogP contribution in [0.1, 0.15) is 133 Å². The molecule has 0 aliphatic carbocycles. The second kappa shape index (κ2) is 19.4. The number of aromatic hydroxyl groups is 1. The van der Waals surface area contributed by atoms with Gasteiger partial charge in [-0.25, -0.2) is 0 Å². The van der Waals surface area contributed by atoms with Crippen molar-refractivity contribution in [3.63, 3.8) is 0 Å². The Labute approximate surface area is 204 Å². The minimum Gasteiger partial charge on any atom is -0.507 e. The fourth-order valence-corrected chi connectivity index (χ4v) is 4.53. The number of hydrogen-bond donors (Lipinski definition) is 1. The van der Waals surface area contributed by atoms with E-state index in [0.29, 0.717) is 10.8 Å². The lowest BCUT2D eigenvalue weighted by Crippen LogP contribution is -2.05. The Balaban J connectivity index is 1.85. The number of phenolic OH excluding ortho intramolecular Hbond substituents is 1. The summed E-state index contributed by atoms with van der Waals surface area (Å²) in [6.07, 6.45) is 23.8. The maximum absolute atomic E-state index is 9.87.